The number of imide groups is 1. The topological polar surface area (TPSA) is 37.4 Å². The molecule has 4 heteroatoms. The molecule has 0 spiro atoms. The summed E-state index contributed by atoms with van der Waals surface area (Å²) in [6.45, 7) is 2.03. The highest BCUT2D eigenvalue weighted by molar-refractivity contribution is 14.1. The van der Waals surface area contributed by atoms with Gasteiger partial charge in [0.2, 0.25) is 11.8 Å². The average Bonchev–Trinajstić information content (AvgIpc) is 2.77. The predicted octanol–water partition coefficient (Wildman–Crippen LogP) is 3.72. The van der Waals surface area contributed by atoms with Crippen LogP contribution < -0.4 is 4.90 Å². The van der Waals surface area contributed by atoms with Crippen LogP contribution in [-0.4, -0.2) is 11.8 Å². The molecule has 0 N–H and O–H groups in total. The van der Waals surface area contributed by atoms with Crippen LogP contribution in [-0.2, 0) is 16.0 Å². The van der Waals surface area contributed by atoms with Gasteiger partial charge in [0.1, 0.15) is 0 Å². The summed E-state index contributed by atoms with van der Waals surface area (Å²) in [4.78, 5) is 26.1. The molecular weight excluding hydrogens is 389 g/mol. The van der Waals surface area contributed by atoms with Crippen LogP contribution in [0.2, 0.25) is 0 Å². The molecule has 2 amide bonds. The maximum absolute atomic E-state index is 12.6. The van der Waals surface area contributed by atoms with Crippen molar-refractivity contribution in [1.82, 2.24) is 0 Å². The standard InChI is InChI=1S/C18H16INO2/c1-12-2-4-13(5-3-12)10-14-11-17(21)20(18(14)22)16-8-6-15(19)7-9-16/h2-9,14H,10-11H2,1H3. The Bertz CT molecular complexity index is 707. The van der Waals surface area contributed by atoms with Gasteiger partial charge in [0.25, 0.3) is 0 Å². The maximum atomic E-state index is 12.6. The number of halogens is 1. The Morgan fingerprint density at radius 1 is 1.05 bits per heavy atom. The molecule has 0 radical (unpaired) electrons. The highest BCUT2D eigenvalue weighted by Gasteiger charge is 2.39. The van der Waals surface area contributed by atoms with Crippen molar-refractivity contribution in [2.24, 2.45) is 5.92 Å². The molecule has 2 aromatic carbocycles. The van der Waals surface area contributed by atoms with Gasteiger partial charge in [0, 0.05) is 9.99 Å². The molecule has 2 aromatic rings. The van der Waals surface area contributed by atoms with E-state index in [9.17, 15) is 9.59 Å². The first-order chi connectivity index (χ1) is 10.5. The van der Waals surface area contributed by atoms with E-state index < -0.39 is 0 Å². The fraction of sp³-hybridized carbons (Fsp3) is 0.222. The lowest BCUT2D eigenvalue weighted by atomic mass is 9.97. The highest BCUT2D eigenvalue weighted by atomic mass is 127. The van der Waals surface area contributed by atoms with Gasteiger partial charge in [-0.3, -0.25) is 14.5 Å². The molecule has 1 heterocycles. The average molecular weight is 405 g/mol. The molecule has 112 valence electrons. The van der Waals surface area contributed by atoms with Crippen molar-refractivity contribution in [3.8, 4) is 0 Å². The SMILES string of the molecule is Cc1ccc(CC2CC(=O)N(c3ccc(I)cc3)C2=O)cc1. The van der Waals surface area contributed by atoms with Crippen molar-refractivity contribution >= 4 is 40.1 Å². The Balaban J connectivity index is 1.79. The van der Waals surface area contributed by atoms with E-state index >= 15 is 0 Å². The van der Waals surface area contributed by atoms with E-state index in [1.807, 2.05) is 55.5 Å². The zero-order valence-electron chi connectivity index (χ0n) is 12.3. The minimum atomic E-state index is -0.255. The van der Waals surface area contributed by atoms with Gasteiger partial charge in [-0.15, -0.1) is 0 Å². The van der Waals surface area contributed by atoms with Gasteiger partial charge in [-0.2, -0.15) is 0 Å². The summed E-state index contributed by atoms with van der Waals surface area (Å²) in [6.07, 6.45) is 0.907. The molecule has 1 unspecified atom stereocenters. The molecule has 0 aliphatic carbocycles. The van der Waals surface area contributed by atoms with Crippen LogP contribution in [0.4, 0.5) is 5.69 Å². The van der Waals surface area contributed by atoms with Crippen LogP contribution in [0, 0.1) is 16.4 Å². The first-order valence-electron chi connectivity index (χ1n) is 7.22. The molecule has 1 atom stereocenters. The van der Waals surface area contributed by atoms with Crippen LogP contribution in [0.5, 0.6) is 0 Å². The smallest absolute Gasteiger partial charge is 0.237 e. The Morgan fingerprint density at radius 3 is 2.32 bits per heavy atom. The summed E-state index contributed by atoms with van der Waals surface area (Å²) < 4.78 is 1.08. The zero-order valence-corrected chi connectivity index (χ0v) is 14.4. The quantitative estimate of drug-likeness (QED) is 0.577. The van der Waals surface area contributed by atoms with Crippen molar-refractivity contribution < 1.29 is 9.59 Å². The van der Waals surface area contributed by atoms with E-state index in [0.29, 0.717) is 18.5 Å². The van der Waals surface area contributed by atoms with Crippen LogP contribution in [0.3, 0.4) is 0 Å². The number of benzene rings is 2. The van der Waals surface area contributed by atoms with Gasteiger partial charge < -0.3 is 0 Å². The molecule has 1 fully saturated rings. The Labute approximate surface area is 143 Å². The molecule has 0 aromatic heterocycles. The van der Waals surface area contributed by atoms with Gasteiger partial charge in [0.05, 0.1) is 11.6 Å². The predicted molar refractivity (Wildman–Crippen MR) is 94.6 cm³/mol. The number of hydrogen-bond donors (Lipinski definition) is 0. The Kier molecular flexibility index (Phi) is 4.29. The zero-order chi connectivity index (χ0) is 15.7. The largest absolute Gasteiger partial charge is 0.274 e. The van der Waals surface area contributed by atoms with Gasteiger partial charge >= 0.3 is 0 Å². The summed E-state index contributed by atoms with van der Waals surface area (Å²) >= 11 is 2.20. The van der Waals surface area contributed by atoms with Crippen LogP contribution in [0.25, 0.3) is 0 Å². The third-order valence-electron chi connectivity index (χ3n) is 3.93. The van der Waals surface area contributed by atoms with Crippen molar-refractivity contribution in [1.29, 1.82) is 0 Å². The summed E-state index contributed by atoms with van der Waals surface area (Å²) in [5, 5.41) is 0. The highest BCUT2D eigenvalue weighted by Crippen LogP contribution is 2.29. The van der Waals surface area contributed by atoms with Gasteiger partial charge in [-0.25, -0.2) is 0 Å². The monoisotopic (exact) mass is 405 g/mol. The van der Waals surface area contributed by atoms with Gasteiger partial charge in [0.15, 0.2) is 0 Å². The fourth-order valence-electron chi connectivity index (χ4n) is 2.72. The van der Waals surface area contributed by atoms with Crippen LogP contribution >= 0.6 is 22.6 Å². The Hall–Kier alpha value is -1.69. The third kappa shape index (κ3) is 3.06. The lowest BCUT2D eigenvalue weighted by molar-refractivity contribution is -0.122. The van der Waals surface area contributed by atoms with Crippen molar-refractivity contribution in [3.63, 3.8) is 0 Å². The number of nitrogens with zero attached hydrogens (tertiary/aromatic N) is 1. The lowest BCUT2D eigenvalue weighted by Gasteiger charge is -2.15. The van der Waals surface area contributed by atoms with E-state index in [4.69, 9.17) is 0 Å². The minimum absolute atomic E-state index is 0.0909. The summed E-state index contributed by atoms with van der Waals surface area (Å²) in [5.74, 6) is -0.454. The second-order valence-corrected chi connectivity index (χ2v) is 6.88. The van der Waals surface area contributed by atoms with E-state index in [0.717, 1.165) is 9.13 Å². The van der Waals surface area contributed by atoms with Crippen LogP contribution in [0.1, 0.15) is 17.5 Å². The molecule has 0 bridgehead atoms. The van der Waals surface area contributed by atoms with E-state index in [2.05, 4.69) is 22.6 Å². The maximum Gasteiger partial charge on any atom is 0.237 e. The lowest BCUT2D eigenvalue weighted by Crippen LogP contribution is -2.30. The first-order valence-corrected chi connectivity index (χ1v) is 8.30. The van der Waals surface area contributed by atoms with E-state index in [1.165, 1.54) is 10.5 Å². The number of amides is 2. The molecule has 1 saturated heterocycles. The molecule has 22 heavy (non-hydrogen) atoms. The van der Waals surface area contributed by atoms with Gasteiger partial charge in [-0.05, 0) is 65.8 Å². The summed E-state index contributed by atoms with van der Waals surface area (Å²) in [6, 6.07) is 15.6. The van der Waals surface area contributed by atoms with E-state index in [1.54, 1.807) is 0 Å². The van der Waals surface area contributed by atoms with Crippen molar-refractivity contribution in [2.75, 3.05) is 4.90 Å². The summed E-state index contributed by atoms with van der Waals surface area (Å²) in [7, 11) is 0. The van der Waals surface area contributed by atoms with Crippen molar-refractivity contribution in [2.45, 2.75) is 19.8 Å². The second-order valence-electron chi connectivity index (χ2n) is 5.63. The molecular formula is C18H16INO2. The Morgan fingerprint density at radius 2 is 1.68 bits per heavy atom. The normalized spacial score (nSPS) is 18.1. The molecule has 3 rings (SSSR count). The summed E-state index contributed by atoms with van der Waals surface area (Å²) in [5.41, 5.74) is 2.96. The minimum Gasteiger partial charge on any atom is -0.274 e. The number of rotatable bonds is 3. The molecule has 3 nitrogen and oxygen atoms in total. The molecule has 1 aliphatic rings. The first kappa shape index (κ1) is 15.2. The number of anilines is 1. The molecule has 1 aliphatic heterocycles. The molecule has 0 saturated carbocycles. The van der Waals surface area contributed by atoms with Gasteiger partial charge in [-0.1, -0.05) is 29.8 Å². The van der Waals surface area contributed by atoms with Crippen LogP contribution in [0.15, 0.2) is 48.5 Å². The van der Waals surface area contributed by atoms with E-state index in [-0.39, 0.29) is 17.7 Å². The third-order valence-corrected chi connectivity index (χ3v) is 4.65. The van der Waals surface area contributed by atoms with Crippen molar-refractivity contribution in [3.05, 3.63) is 63.2 Å². The number of carbonyl (C=O) groups is 2. The number of hydrogen-bond acceptors (Lipinski definition) is 2. The number of aryl methyl sites for hydroxylation is 1. The second kappa shape index (κ2) is 6.20. The number of carbonyl (C=O) groups excluding carboxylic acids is 2. The fourth-order valence-corrected chi connectivity index (χ4v) is 3.08.